The largest absolute Gasteiger partial charge is 0.351 e. The predicted molar refractivity (Wildman–Crippen MR) is 105 cm³/mol. The number of fused-ring (bicyclic) bond motifs is 1. The van der Waals surface area contributed by atoms with Crippen LogP contribution in [-0.4, -0.2) is 36.6 Å². The van der Waals surface area contributed by atoms with Gasteiger partial charge in [-0.3, -0.25) is 4.79 Å². The van der Waals surface area contributed by atoms with Crippen molar-refractivity contribution < 1.29 is 4.79 Å². The van der Waals surface area contributed by atoms with Crippen molar-refractivity contribution in [1.82, 2.24) is 29.5 Å². The molecule has 4 rings (SSSR count). The van der Waals surface area contributed by atoms with Gasteiger partial charge in [-0.25, -0.2) is 14.5 Å². The predicted octanol–water partition coefficient (Wildman–Crippen LogP) is 2.96. The van der Waals surface area contributed by atoms with E-state index in [2.05, 4.69) is 20.4 Å². The van der Waals surface area contributed by atoms with Crippen LogP contribution < -0.4 is 5.32 Å². The Balaban J connectivity index is 1.32. The summed E-state index contributed by atoms with van der Waals surface area (Å²) in [5.41, 5.74) is 3.66. The molecule has 138 valence electrons. The number of nitrogens with zero attached hydrogens (tertiary/aromatic N) is 5. The van der Waals surface area contributed by atoms with Crippen LogP contribution in [0.5, 0.6) is 0 Å². The molecule has 0 spiro atoms. The molecule has 4 aromatic heterocycles. The van der Waals surface area contributed by atoms with Crippen molar-refractivity contribution in [3.05, 3.63) is 64.8 Å². The number of amides is 1. The maximum Gasteiger partial charge on any atom is 0.263 e. The molecule has 0 unspecified atom stereocenters. The zero-order valence-corrected chi connectivity index (χ0v) is 16.0. The molecule has 0 saturated carbocycles. The Morgan fingerprint density at radius 1 is 1.26 bits per heavy atom. The highest BCUT2D eigenvalue weighted by atomic mass is 32.1. The van der Waals surface area contributed by atoms with E-state index in [9.17, 15) is 4.79 Å². The number of carbonyl (C=O) groups excluding carboxylic acids is 1. The molecule has 0 fully saturated rings. The summed E-state index contributed by atoms with van der Waals surface area (Å²) >= 11 is 1.40. The normalized spacial score (nSPS) is 11.2. The second-order valence-corrected chi connectivity index (χ2v) is 7.39. The number of aromatic nitrogens is 5. The summed E-state index contributed by atoms with van der Waals surface area (Å²) < 4.78 is 3.71. The summed E-state index contributed by atoms with van der Waals surface area (Å²) in [4.78, 5) is 22.0. The molecule has 7 nitrogen and oxygen atoms in total. The van der Waals surface area contributed by atoms with Crippen LogP contribution in [0.2, 0.25) is 0 Å². The molecular weight excluding hydrogens is 360 g/mol. The highest BCUT2D eigenvalue weighted by Crippen LogP contribution is 2.21. The quantitative estimate of drug-likeness (QED) is 0.522. The first kappa shape index (κ1) is 17.4. The summed E-state index contributed by atoms with van der Waals surface area (Å²) in [5.74, 6) is -0.0697. The number of rotatable bonds is 6. The molecule has 8 heteroatoms. The lowest BCUT2D eigenvalue weighted by molar-refractivity contribution is 0.0956. The standard InChI is InChI=1S/C19H20N6OS/c1-13-10-16-21-11-15(12-25(16)23-13)6-5-7-20-18(26)17-14(2)22-19(27-17)24-8-3-4-9-24/h3-4,8-12H,5-7H2,1-2H3,(H,20,26). The summed E-state index contributed by atoms with van der Waals surface area (Å²) in [5, 5.41) is 8.17. The van der Waals surface area contributed by atoms with Gasteiger partial charge in [-0.05, 0) is 44.4 Å². The number of aryl methyl sites for hydroxylation is 3. The molecule has 1 N–H and O–H groups in total. The molecule has 0 aliphatic carbocycles. The van der Waals surface area contributed by atoms with E-state index in [0.29, 0.717) is 11.4 Å². The van der Waals surface area contributed by atoms with E-state index in [4.69, 9.17) is 0 Å². The lowest BCUT2D eigenvalue weighted by Crippen LogP contribution is -2.24. The molecule has 4 heterocycles. The molecule has 0 bridgehead atoms. The maximum atomic E-state index is 12.5. The van der Waals surface area contributed by atoms with Crippen LogP contribution in [0.1, 0.15) is 33.0 Å². The van der Waals surface area contributed by atoms with Crippen LogP contribution in [0.4, 0.5) is 0 Å². The van der Waals surface area contributed by atoms with Crippen molar-refractivity contribution in [2.75, 3.05) is 6.54 Å². The third-order valence-corrected chi connectivity index (χ3v) is 5.40. The average molecular weight is 380 g/mol. The zero-order valence-electron chi connectivity index (χ0n) is 15.2. The topological polar surface area (TPSA) is 77.1 Å². The highest BCUT2D eigenvalue weighted by molar-refractivity contribution is 7.16. The lowest BCUT2D eigenvalue weighted by Gasteiger charge is -2.04. The third-order valence-electron chi connectivity index (χ3n) is 4.23. The summed E-state index contributed by atoms with van der Waals surface area (Å²) in [6.07, 6.45) is 9.38. The number of carbonyl (C=O) groups is 1. The SMILES string of the molecule is Cc1cc2ncc(CCCNC(=O)c3sc(-n4cccc4)nc3C)cn2n1. The van der Waals surface area contributed by atoms with Crippen LogP contribution in [0, 0.1) is 13.8 Å². The molecule has 27 heavy (non-hydrogen) atoms. The third kappa shape index (κ3) is 3.75. The van der Waals surface area contributed by atoms with Crippen LogP contribution >= 0.6 is 11.3 Å². The van der Waals surface area contributed by atoms with Gasteiger partial charge < -0.3 is 9.88 Å². The lowest BCUT2D eigenvalue weighted by atomic mass is 10.2. The second kappa shape index (κ2) is 7.32. The Morgan fingerprint density at radius 3 is 2.89 bits per heavy atom. The van der Waals surface area contributed by atoms with Gasteiger partial charge in [-0.15, -0.1) is 0 Å². The number of hydrogen-bond donors (Lipinski definition) is 1. The summed E-state index contributed by atoms with van der Waals surface area (Å²) in [6.45, 7) is 4.42. The van der Waals surface area contributed by atoms with E-state index in [0.717, 1.165) is 40.6 Å². The fraction of sp³-hybridized carbons (Fsp3) is 0.263. The van der Waals surface area contributed by atoms with Gasteiger partial charge in [0.25, 0.3) is 5.91 Å². The smallest absolute Gasteiger partial charge is 0.263 e. The van der Waals surface area contributed by atoms with Crippen LogP contribution in [0.3, 0.4) is 0 Å². The van der Waals surface area contributed by atoms with Gasteiger partial charge in [-0.2, -0.15) is 5.10 Å². The highest BCUT2D eigenvalue weighted by Gasteiger charge is 2.15. The average Bonchev–Trinajstić information content (AvgIpc) is 3.36. The molecule has 0 aromatic carbocycles. The number of thiazole rings is 1. The van der Waals surface area contributed by atoms with E-state index >= 15 is 0 Å². The fourth-order valence-corrected chi connectivity index (χ4v) is 3.85. The number of nitrogens with one attached hydrogen (secondary N) is 1. The minimum atomic E-state index is -0.0697. The van der Waals surface area contributed by atoms with Gasteiger partial charge in [0.1, 0.15) is 4.88 Å². The minimum absolute atomic E-state index is 0.0697. The first-order valence-corrected chi connectivity index (χ1v) is 9.62. The minimum Gasteiger partial charge on any atom is -0.351 e. The van der Waals surface area contributed by atoms with Crippen molar-refractivity contribution in [1.29, 1.82) is 0 Å². The van der Waals surface area contributed by atoms with E-state index in [1.54, 1.807) is 4.52 Å². The molecule has 0 aliphatic rings. The molecule has 0 radical (unpaired) electrons. The van der Waals surface area contributed by atoms with E-state index in [1.165, 1.54) is 11.3 Å². The first-order valence-electron chi connectivity index (χ1n) is 8.80. The molecule has 0 atom stereocenters. The maximum absolute atomic E-state index is 12.5. The van der Waals surface area contributed by atoms with E-state index in [-0.39, 0.29) is 5.91 Å². The van der Waals surface area contributed by atoms with E-state index in [1.807, 2.05) is 61.4 Å². The van der Waals surface area contributed by atoms with Crippen LogP contribution in [-0.2, 0) is 6.42 Å². The van der Waals surface area contributed by atoms with E-state index < -0.39 is 0 Å². The summed E-state index contributed by atoms with van der Waals surface area (Å²) in [6, 6.07) is 5.82. The Labute approximate surface area is 160 Å². The van der Waals surface area contributed by atoms with Crippen LogP contribution in [0.15, 0.2) is 43.0 Å². The van der Waals surface area contributed by atoms with Gasteiger partial charge in [-0.1, -0.05) is 11.3 Å². The van der Waals surface area contributed by atoms with Crippen molar-refractivity contribution in [3.8, 4) is 5.13 Å². The molecular formula is C19H20N6OS. The van der Waals surface area contributed by atoms with Gasteiger partial charge in [0, 0.05) is 37.4 Å². The zero-order chi connectivity index (χ0) is 18.8. The van der Waals surface area contributed by atoms with Crippen LogP contribution in [0.25, 0.3) is 10.8 Å². The van der Waals surface area contributed by atoms with Crippen molar-refractivity contribution in [2.24, 2.45) is 0 Å². The van der Waals surface area contributed by atoms with Gasteiger partial charge in [0.05, 0.1) is 11.4 Å². The molecule has 0 saturated heterocycles. The van der Waals surface area contributed by atoms with Crippen molar-refractivity contribution >= 4 is 22.9 Å². The fourth-order valence-electron chi connectivity index (χ4n) is 2.90. The Morgan fingerprint density at radius 2 is 2.07 bits per heavy atom. The second-order valence-electron chi connectivity index (χ2n) is 6.41. The molecule has 4 aromatic rings. The Kier molecular flexibility index (Phi) is 4.72. The van der Waals surface area contributed by atoms with Gasteiger partial charge in [0.2, 0.25) is 0 Å². The van der Waals surface area contributed by atoms with Crippen molar-refractivity contribution in [3.63, 3.8) is 0 Å². The molecule has 1 amide bonds. The first-order chi connectivity index (χ1) is 13.1. The Hall–Kier alpha value is -3.00. The number of hydrogen-bond acceptors (Lipinski definition) is 5. The van der Waals surface area contributed by atoms with Crippen molar-refractivity contribution in [2.45, 2.75) is 26.7 Å². The summed E-state index contributed by atoms with van der Waals surface area (Å²) in [7, 11) is 0. The molecule has 0 aliphatic heterocycles. The van der Waals surface area contributed by atoms with Gasteiger partial charge in [0.15, 0.2) is 10.8 Å². The van der Waals surface area contributed by atoms with Gasteiger partial charge >= 0.3 is 0 Å². The monoisotopic (exact) mass is 380 g/mol. The Bertz CT molecular complexity index is 1080.